The van der Waals surface area contributed by atoms with Gasteiger partial charge in [0, 0.05) is 35.3 Å². The first kappa shape index (κ1) is 37.3. The number of benzene rings is 1. The molecule has 52 heavy (non-hydrogen) atoms. The molecule has 4 unspecified atom stereocenters. The Kier molecular flexibility index (Phi) is 11.0. The second-order valence-electron chi connectivity index (χ2n) is 13.9. The van der Waals surface area contributed by atoms with Gasteiger partial charge in [0.05, 0.1) is 18.4 Å². The first-order chi connectivity index (χ1) is 24.7. The van der Waals surface area contributed by atoms with Gasteiger partial charge in [-0.2, -0.15) is 10.2 Å². The van der Waals surface area contributed by atoms with E-state index in [4.69, 9.17) is 28.4 Å². The number of nitrogens with zero attached hydrogens (tertiary/aromatic N) is 7. The van der Waals surface area contributed by atoms with Gasteiger partial charge in [0.15, 0.2) is 6.29 Å². The molecule has 0 aliphatic carbocycles. The molecule has 0 saturated carbocycles. The van der Waals surface area contributed by atoms with Crippen LogP contribution in [0.5, 0.6) is 0 Å². The third-order valence-corrected chi connectivity index (χ3v) is 9.59. The Hall–Kier alpha value is -4.44. The number of anilines is 1. The average molecular weight is 750 g/mol. The fourth-order valence-electron chi connectivity index (χ4n) is 5.54. The molecule has 0 spiro atoms. The van der Waals surface area contributed by atoms with E-state index in [1.807, 2.05) is 30.3 Å². The molecule has 3 aromatic heterocycles. The molecule has 2 fully saturated rings. The third kappa shape index (κ3) is 8.60. The lowest BCUT2D eigenvalue weighted by Crippen LogP contribution is -2.59. The van der Waals surface area contributed by atoms with Crippen LogP contribution in [0, 0.1) is 11.3 Å². The summed E-state index contributed by atoms with van der Waals surface area (Å²) in [5, 5.41) is 20.1. The van der Waals surface area contributed by atoms with Gasteiger partial charge in [-0.3, -0.25) is 4.98 Å². The summed E-state index contributed by atoms with van der Waals surface area (Å²) in [4.78, 5) is 36.8. The zero-order chi connectivity index (χ0) is 37.2. The Morgan fingerprint density at radius 3 is 2.40 bits per heavy atom. The van der Waals surface area contributed by atoms with Crippen molar-refractivity contribution in [1.29, 1.82) is 5.26 Å². The quantitative estimate of drug-likeness (QED) is 0.199. The fraction of sp³-hybridized carbons (Fsp3) is 0.457. The SMILES string of the molecule is COC1C(n2cc(-c3csc(N(C(=O)OC(C)(C)C)C(=O)OC(C)(C)C)n3)nn2)[C@H]2OC(c3ccccc3)OCC2O[C@@H]1Sc1cncc(C#N)c1. The van der Waals surface area contributed by atoms with Crippen molar-refractivity contribution in [1.82, 2.24) is 25.0 Å². The molecule has 2 saturated heterocycles. The highest BCUT2D eigenvalue weighted by molar-refractivity contribution is 7.99. The molecule has 2 aliphatic heterocycles. The van der Waals surface area contributed by atoms with Crippen LogP contribution in [-0.4, -0.2) is 85.8 Å². The number of thiazole rings is 1. The fourth-order valence-corrected chi connectivity index (χ4v) is 7.53. The largest absolute Gasteiger partial charge is 0.443 e. The number of thioether (sulfide) groups is 1. The summed E-state index contributed by atoms with van der Waals surface area (Å²) in [6, 6.07) is 12.9. The van der Waals surface area contributed by atoms with Crippen molar-refractivity contribution in [3.63, 3.8) is 0 Å². The topological polar surface area (TPSA) is 173 Å². The Morgan fingerprint density at radius 2 is 1.75 bits per heavy atom. The van der Waals surface area contributed by atoms with E-state index in [0.29, 0.717) is 17.0 Å². The molecule has 2 amide bonds. The number of rotatable bonds is 7. The monoisotopic (exact) mass is 749 g/mol. The molecule has 4 aromatic rings. The maximum atomic E-state index is 13.2. The molecule has 6 rings (SSSR count). The number of ether oxygens (including phenoxy) is 6. The van der Waals surface area contributed by atoms with Crippen molar-refractivity contribution in [2.75, 3.05) is 18.6 Å². The number of fused-ring (bicyclic) bond motifs is 1. The van der Waals surface area contributed by atoms with Crippen molar-refractivity contribution in [2.45, 2.75) is 93.7 Å². The van der Waals surface area contributed by atoms with Crippen LogP contribution in [-0.2, 0) is 28.4 Å². The number of carbonyl (C=O) groups excluding carboxylic acids is 2. The number of carbonyl (C=O) groups is 2. The smallest absolute Gasteiger partial charge is 0.426 e. The molecule has 0 radical (unpaired) electrons. The van der Waals surface area contributed by atoms with E-state index < -0.39 is 59.5 Å². The number of aromatic nitrogens is 5. The minimum atomic E-state index is -0.925. The van der Waals surface area contributed by atoms with Crippen LogP contribution < -0.4 is 4.90 Å². The van der Waals surface area contributed by atoms with Crippen LogP contribution in [0.2, 0.25) is 0 Å². The van der Waals surface area contributed by atoms with E-state index in [0.717, 1.165) is 26.7 Å². The van der Waals surface area contributed by atoms with Gasteiger partial charge in [0.1, 0.15) is 58.4 Å². The second-order valence-corrected chi connectivity index (χ2v) is 16.0. The van der Waals surface area contributed by atoms with Gasteiger partial charge in [-0.1, -0.05) is 47.3 Å². The van der Waals surface area contributed by atoms with Crippen LogP contribution in [0.4, 0.5) is 14.7 Å². The van der Waals surface area contributed by atoms with E-state index in [9.17, 15) is 14.9 Å². The lowest BCUT2D eigenvalue weighted by Gasteiger charge is -2.48. The minimum Gasteiger partial charge on any atom is -0.443 e. The minimum absolute atomic E-state index is 0.0390. The second kappa shape index (κ2) is 15.3. The molecule has 0 bridgehead atoms. The molecule has 15 nitrogen and oxygen atoms in total. The third-order valence-electron chi connectivity index (χ3n) is 7.66. The first-order valence-electron chi connectivity index (χ1n) is 16.4. The van der Waals surface area contributed by atoms with Crippen molar-refractivity contribution < 1.29 is 38.0 Å². The molecule has 1 aromatic carbocycles. The van der Waals surface area contributed by atoms with E-state index >= 15 is 0 Å². The highest BCUT2D eigenvalue weighted by Gasteiger charge is 2.52. The Balaban J connectivity index is 1.33. The standard InChI is InChI=1S/C35H39N7O8S2/c1-34(2,3)49-32(43)42(33(44)50-35(4,5)6)31-38-24(19-51-31)23-17-41(40-39-23)26-27-25(18-46-29(48-27)21-11-9-8-10-12-21)47-30(28(26)45-7)52-22-13-20(14-36)15-37-16-22/h8-13,15-17,19,25-30H,18H2,1-7H3/t25?,26?,27-,28?,29?,30+/m0/s1. The maximum absolute atomic E-state index is 13.2. The van der Waals surface area contributed by atoms with E-state index in [2.05, 4.69) is 26.3 Å². The summed E-state index contributed by atoms with van der Waals surface area (Å²) in [6.07, 6.45) is 0.621. The number of imide groups is 1. The number of hydrogen-bond acceptors (Lipinski definition) is 15. The van der Waals surface area contributed by atoms with Crippen LogP contribution in [0.25, 0.3) is 11.4 Å². The average Bonchev–Trinajstić information content (AvgIpc) is 3.77. The molecule has 274 valence electrons. The number of nitriles is 1. The summed E-state index contributed by atoms with van der Waals surface area (Å²) in [5.74, 6) is 0. The van der Waals surface area contributed by atoms with Crippen molar-refractivity contribution in [2.24, 2.45) is 0 Å². The van der Waals surface area contributed by atoms with Crippen LogP contribution >= 0.6 is 23.1 Å². The summed E-state index contributed by atoms with van der Waals surface area (Å²) in [7, 11) is 1.58. The molecular formula is C35H39N7O8S2. The number of amides is 2. The molecule has 0 N–H and O–H groups in total. The Bertz CT molecular complexity index is 1890. The van der Waals surface area contributed by atoms with Crippen molar-refractivity contribution in [3.05, 3.63) is 71.5 Å². The predicted molar refractivity (Wildman–Crippen MR) is 189 cm³/mol. The van der Waals surface area contributed by atoms with Crippen molar-refractivity contribution >= 4 is 40.4 Å². The number of hydrogen-bond donors (Lipinski definition) is 0. The summed E-state index contributed by atoms with van der Waals surface area (Å²) in [6.45, 7) is 10.4. The summed E-state index contributed by atoms with van der Waals surface area (Å²) >= 11 is 2.41. The van der Waals surface area contributed by atoms with Crippen LogP contribution in [0.3, 0.4) is 0 Å². The number of pyridine rings is 1. The van der Waals surface area contributed by atoms with Gasteiger partial charge in [-0.25, -0.2) is 19.3 Å². The summed E-state index contributed by atoms with van der Waals surface area (Å²) < 4.78 is 38.1. The molecule has 5 heterocycles. The van der Waals surface area contributed by atoms with Gasteiger partial charge in [-0.05, 0) is 47.6 Å². The molecular weight excluding hydrogens is 711 g/mol. The molecule has 2 aliphatic rings. The van der Waals surface area contributed by atoms with Gasteiger partial charge < -0.3 is 28.4 Å². The highest BCUT2D eigenvalue weighted by Crippen LogP contribution is 2.44. The van der Waals surface area contributed by atoms with Crippen molar-refractivity contribution in [3.8, 4) is 17.5 Å². The van der Waals surface area contributed by atoms with Gasteiger partial charge in [0.25, 0.3) is 0 Å². The Labute approximate surface area is 309 Å². The normalized spacial score (nSPS) is 23.3. The first-order valence-corrected chi connectivity index (χ1v) is 18.1. The Morgan fingerprint density at radius 1 is 1.04 bits per heavy atom. The lowest BCUT2D eigenvalue weighted by atomic mass is 9.95. The van der Waals surface area contributed by atoms with E-state index in [-0.39, 0.29) is 11.7 Å². The predicted octanol–water partition coefficient (Wildman–Crippen LogP) is 6.53. The zero-order valence-electron chi connectivity index (χ0n) is 29.7. The highest BCUT2D eigenvalue weighted by atomic mass is 32.2. The van der Waals surface area contributed by atoms with Crippen LogP contribution in [0.1, 0.15) is 65.0 Å². The summed E-state index contributed by atoms with van der Waals surface area (Å²) in [5.41, 5.74) is -0.343. The van der Waals surface area contributed by atoms with E-state index in [1.54, 1.807) is 77.2 Å². The zero-order valence-corrected chi connectivity index (χ0v) is 31.3. The maximum Gasteiger partial charge on any atom is 0.426 e. The van der Waals surface area contributed by atoms with E-state index in [1.165, 1.54) is 18.0 Å². The van der Waals surface area contributed by atoms with Gasteiger partial charge >= 0.3 is 12.2 Å². The van der Waals surface area contributed by atoms with Gasteiger partial charge in [-0.15, -0.1) is 16.4 Å². The lowest BCUT2D eigenvalue weighted by molar-refractivity contribution is -0.308. The number of methoxy groups -OCH3 is 1. The van der Waals surface area contributed by atoms with Crippen LogP contribution in [0.15, 0.2) is 65.3 Å². The molecule has 6 atom stereocenters. The van der Waals surface area contributed by atoms with Gasteiger partial charge in [0.2, 0.25) is 5.13 Å². The molecule has 17 heteroatoms.